The third-order valence-corrected chi connectivity index (χ3v) is 3.26. The smallest absolute Gasteiger partial charge is 0.237 e. The number of nitrogens with one attached hydrogen (secondary N) is 1. The van der Waals surface area contributed by atoms with Crippen LogP contribution in [0.5, 0.6) is 5.75 Å². The van der Waals surface area contributed by atoms with Gasteiger partial charge in [0.25, 0.3) is 0 Å². The monoisotopic (exact) mass is 264 g/mol. The fourth-order valence-corrected chi connectivity index (χ4v) is 1.83. The van der Waals surface area contributed by atoms with Crippen LogP contribution in [-0.4, -0.2) is 19.1 Å². The lowest BCUT2D eigenvalue weighted by Crippen LogP contribution is -2.45. The minimum Gasteiger partial charge on any atom is -0.497 e. The molecule has 4 nitrogen and oxygen atoms in total. The van der Waals surface area contributed by atoms with Crippen LogP contribution in [-0.2, 0) is 4.79 Å². The molecule has 3 N–H and O–H groups in total. The van der Waals surface area contributed by atoms with Gasteiger partial charge in [-0.25, -0.2) is 0 Å². The van der Waals surface area contributed by atoms with Crippen molar-refractivity contribution >= 4 is 5.91 Å². The van der Waals surface area contributed by atoms with E-state index in [-0.39, 0.29) is 17.9 Å². The van der Waals surface area contributed by atoms with Gasteiger partial charge in [0.1, 0.15) is 5.75 Å². The van der Waals surface area contributed by atoms with Gasteiger partial charge in [-0.05, 0) is 30.0 Å². The number of nitrogens with two attached hydrogens (primary N) is 1. The summed E-state index contributed by atoms with van der Waals surface area (Å²) in [5.41, 5.74) is 6.92. The fourth-order valence-electron chi connectivity index (χ4n) is 1.83. The number of rotatable bonds is 6. The van der Waals surface area contributed by atoms with E-state index in [0.717, 1.165) is 17.7 Å². The first-order valence-electron chi connectivity index (χ1n) is 6.69. The molecule has 2 atom stereocenters. The molecule has 0 heterocycles. The average Bonchev–Trinajstić information content (AvgIpc) is 2.43. The normalized spacial score (nSPS) is 14.0. The van der Waals surface area contributed by atoms with Crippen LogP contribution in [0.3, 0.4) is 0 Å². The molecule has 0 radical (unpaired) electrons. The first-order chi connectivity index (χ1) is 8.99. The highest BCUT2D eigenvalue weighted by molar-refractivity contribution is 5.82. The van der Waals surface area contributed by atoms with E-state index in [4.69, 9.17) is 10.5 Å². The Labute approximate surface area is 115 Å². The van der Waals surface area contributed by atoms with E-state index in [2.05, 4.69) is 5.32 Å². The quantitative estimate of drug-likeness (QED) is 0.828. The van der Waals surface area contributed by atoms with Crippen molar-refractivity contribution in [3.63, 3.8) is 0 Å². The van der Waals surface area contributed by atoms with Gasteiger partial charge in [0, 0.05) is 0 Å². The van der Waals surface area contributed by atoms with Crippen molar-refractivity contribution in [2.24, 2.45) is 11.7 Å². The summed E-state index contributed by atoms with van der Waals surface area (Å²) < 4.78 is 5.13. The molecule has 0 fully saturated rings. The number of benzene rings is 1. The summed E-state index contributed by atoms with van der Waals surface area (Å²) >= 11 is 0. The summed E-state index contributed by atoms with van der Waals surface area (Å²) in [6, 6.07) is 7.25. The SMILES string of the molecule is CCC(NC(=O)[C@H](N)C(C)C)c1ccc(OC)cc1. The van der Waals surface area contributed by atoms with Gasteiger partial charge in [0.15, 0.2) is 0 Å². The van der Waals surface area contributed by atoms with Crippen LogP contribution in [0.1, 0.15) is 38.8 Å². The van der Waals surface area contributed by atoms with Crippen LogP contribution in [0.4, 0.5) is 0 Å². The minimum absolute atomic E-state index is 0.0109. The Bertz CT molecular complexity index is 401. The molecule has 19 heavy (non-hydrogen) atoms. The highest BCUT2D eigenvalue weighted by Crippen LogP contribution is 2.20. The molecule has 4 heteroatoms. The second kappa shape index (κ2) is 7.14. The van der Waals surface area contributed by atoms with Crippen LogP contribution in [0.15, 0.2) is 24.3 Å². The second-order valence-electron chi connectivity index (χ2n) is 5.01. The lowest BCUT2D eigenvalue weighted by atomic mass is 10.0. The molecule has 1 rings (SSSR count). The van der Waals surface area contributed by atoms with Crippen molar-refractivity contribution in [2.75, 3.05) is 7.11 Å². The lowest BCUT2D eigenvalue weighted by Gasteiger charge is -2.22. The topological polar surface area (TPSA) is 64.4 Å². The molecule has 0 spiro atoms. The standard InChI is InChI=1S/C15H24N2O2/c1-5-13(17-15(18)14(16)10(2)3)11-6-8-12(19-4)9-7-11/h6-10,13-14H,5,16H2,1-4H3,(H,17,18)/t13?,14-/m1/s1. The number of carbonyl (C=O) groups excluding carboxylic acids is 1. The Morgan fingerprint density at radius 1 is 1.32 bits per heavy atom. The predicted molar refractivity (Wildman–Crippen MR) is 77.0 cm³/mol. The molecule has 0 saturated heterocycles. The number of methoxy groups -OCH3 is 1. The number of ether oxygens (including phenoxy) is 1. The molecule has 106 valence electrons. The predicted octanol–water partition coefficient (Wildman–Crippen LogP) is 2.25. The summed E-state index contributed by atoms with van der Waals surface area (Å²) in [6.45, 7) is 5.92. The van der Waals surface area contributed by atoms with E-state index < -0.39 is 6.04 Å². The van der Waals surface area contributed by atoms with Crippen LogP contribution < -0.4 is 15.8 Å². The summed E-state index contributed by atoms with van der Waals surface area (Å²) in [7, 11) is 1.63. The molecule has 1 aromatic rings. The Kier molecular flexibility index (Phi) is 5.83. The molecule has 0 aliphatic rings. The number of carbonyl (C=O) groups is 1. The summed E-state index contributed by atoms with van der Waals surface area (Å²) in [5.74, 6) is 0.842. The Balaban J connectivity index is 2.74. The van der Waals surface area contributed by atoms with Crippen molar-refractivity contribution in [3.8, 4) is 5.75 Å². The van der Waals surface area contributed by atoms with E-state index in [1.165, 1.54) is 0 Å². The van der Waals surface area contributed by atoms with Crippen molar-refractivity contribution in [2.45, 2.75) is 39.3 Å². The third-order valence-electron chi connectivity index (χ3n) is 3.26. The van der Waals surface area contributed by atoms with Crippen molar-refractivity contribution in [1.29, 1.82) is 0 Å². The molecule has 1 unspecified atom stereocenters. The van der Waals surface area contributed by atoms with Crippen LogP contribution in [0, 0.1) is 5.92 Å². The zero-order valence-corrected chi connectivity index (χ0v) is 12.1. The molecule has 1 amide bonds. The van der Waals surface area contributed by atoms with Gasteiger partial charge < -0.3 is 15.8 Å². The Morgan fingerprint density at radius 3 is 2.32 bits per heavy atom. The maximum Gasteiger partial charge on any atom is 0.237 e. The fraction of sp³-hybridized carbons (Fsp3) is 0.533. The summed E-state index contributed by atoms with van der Waals surface area (Å²) in [4.78, 5) is 12.0. The number of amides is 1. The molecule has 0 aliphatic heterocycles. The van der Waals surface area contributed by atoms with Gasteiger partial charge in [-0.15, -0.1) is 0 Å². The van der Waals surface area contributed by atoms with Crippen molar-refractivity contribution in [3.05, 3.63) is 29.8 Å². The second-order valence-corrected chi connectivity index (χ2v) is 5.01. The van der Waals surface area contributed by atoms with Gasteiger partial charge in [-0.2, -0.15) is 0 Å². The average molecular weight is 264 g/mol. The van der Waals surface area contributed by atoms with E-state index in [0.29, 0.717) is 0 Å². The van der Waals surface area contributed by atoms with Gasteiger partial charge in [0.05, 0.1) is 19.2 Å². The third kappa shape index (κ3) is 4.24. The zero-order valence-electron chi connectivity index (χ0n) is 12.1. The lowest BCUT2D eigenvalue weighted by molar-refractivity contribution is -0.124. The van der Waals surface area contributed by atoms with E-state index >= 15 is 0 Å². The minimum atomic E-state index is -0.465. The summed E-state index contributed by atoms with van der Waals surface area (Å²) in [5, 5.41) is 3.00. The Hall–Kier alpha value is -1.55. The largest absolute Gasteiger partial charge is 0.497 e. The number of hydrogen-bond acceptors (Lipinski definition) is 3. The highest BCUT2D eigenvalue weighted by atomic mass is 16.5. The van der Waals surface area contributed by atoms with Gasteiger partial charge >= 0.3 is 0 Å². The molecule has 1 aromatic carbocycles. The van der Waals surface area contributed by atoms with Gasteiger partial charge in [0.2, 0.25) is 5.91 Å². The molecular weight excluding hydrogens is 240 g/mol. The maximum atomic E-state index is 12.0. The molecule has 0 saturated carbocycles. The first-order valence-corrected chi connectivity index (χ1v) is 6.69. The van der Waals surface area contributed by atoms with E-state index in [1.807, 2.05) is 45.0 Å². The number of hydrogen-bond donors (Lipinski definition) is 2. The maximum absolute atomic E-state index is 12.0. The molecular formula is C15H24N2O2. The van der Waals surface area contributed by atoms with E-state index in [9.17, 15) is 4.79 Å². The van der Waals surface area contributed by atoms with Crippen molar-refractivity contribution < 1.29 is 9.53 Å². The van der Waals surface area contributed by atoms with Crippen LogP contribution >= 0.6 is 0 Å². The van der Waals surface area contributed by atoms with E-state index in [1.54, 1.807) is 7.11 Å². The van der Waals surface area contributed by atoms with Gasteiger partial charge in [-0.1, -0.05) is 32.9 Å². The molecule has 0 aliphatic carbocycles. The van der Waals surface area contributed by atoms with Crippen LogP contribution in [0.25, 0.3) is 0 Å². The van der Waals surface area contributed by atoms with Gasteiger partial charge in [-0.3, -0.25) is 4.79 Å². The van der Waals surface area contributed by atoms with Crippen molar-refractivity contribution in [1.82, 2.24) is 5.32 Å². The first kappa shape index (κ1) is 15.5. The molecule has 0 aromatic heterocycles. The van der Waals surface area contributed by atoms with Crippen LogP contribution in [0.2, 0.25) is 0 Å². The Morgan fingerprint density at radius 2 is 1.89 bits per heavy atom. The summed E-state index contributed by atoms with van der Waals surface area (Å²) in [6.07, 6.45) is 0.822. The molecule has 0 bridgehead atoms. The highest BCUT2D eigenvalue weighted by Gasteiger charge is 2.20. The zero-order chi connectivity index (χ0) is 14.4.